The van der Waals surface area contributed by atoms with Crippen molar-refractivity contribution in [2.75, 3.05) is 6.54 Å². The number of hydrogen-bond donors (Lipinski definition) is 1. The van der Waals surface area contributed by atoms with Crippen LogP contribution in [0, 0.1) is 0 Å². The number of halogens is 1. The first-order chi connectivity index (χ1) is 6.38. The lowest BCUT2D eigenvalue weighted by Crippen LogP contribution is -2.27. The topological polar surface area (TPSA) is 24.9 Å². The summed E-state index contributed by atoms with van der Waals surface area (Å²) in [5.74, 6) is 0. The quantitative estimate of drug-likeness (QED) is 0.747. The molecule has 70 valence electrons. The Bertz CT molecular complexity index is 282. The minimum Gasteiger partial charge on any atom is -0.310 e. The van der Waals surface area contributed by atoms with Crippen LogP contribution in [0.4, 0.5) is 0 Å². The van der Waals surface area contributed by atoms with Crippen LogP contribution in [-0.4, -0.2) is 11.5 Å². The molecule has 0 saturated carbocycles. The lowest BCUT2D eigenvalue weighted by atomic mass is 9.99. The molecule has 1 aromatic rings. The zero-order chi connectivity index (χ0) is 9.10. The van der Waals surface area contributed by atoms with Crippen LogP contribution >= 0.6 is 11.6 Å². The van der Waals surface area contributed by atoms with Gasteiger partial charge in [0, 0.05) is 29.0 Å². The van der Waals surface area contributed by atoms with E-state index in [1.165, 1.54) is 19.3 Å². The summed E-state index contributed by atoms with van der Waals surface area (Å²) in [6.45, 7) is 1.09. The zero-order valence-corrected chi connectivity index (χ0v) is 8.22. The van der Waals surface area contributed by atoms with E-state index >= 15 is 0 Å². The second-order valence-corrected chi connectivity index (χ2v) is 3.81. The number of aromatic nitrogens is 1. The summed E-state index contributed by atoms with van der Waals surface area (Å²) in [6, 6.07) is 2.27. The molecule has 3 heteroatoms. The fraction of sp³-hybridized carbons (Fsp3) is 0.500. The zero-order valence-electron chi connectivity index (χ0n) is 7.46. The number of rotatable bonds is 1. The number of piperidine rings is 1. The summed E-state index contributed by atoms with van der Waals surface area (Å²) >= 11 is 6.08. The highest BCUT2D eigenvalue weighted by atomic mass is 35.5. The average molecular weight is 197 g/mol. The van der Waals surface area contributed by atoms with Gasteiger partial charge in [-0.15, -0.1) is 0 Å². The highest BCUT2D eigenvalue weighted by Gasteiger charge is 2.16. The third-order valence-electron chi connectivity index (χ3n) is 2.48. The third-order valence-corrected chi connectivity index (χ3v) is 2.83. The van der Waals surface area contributed by atoms with Gasteiger partial charge in [0.25, 0.3) is 0 Å². The van der Waals surface area contributed by atoms with Gasteiger partial charge in [0.15, 0.2) is 0 Å². The highest BCUT2D eigenvalue weighted by molar-refractivity contribution is 6.31. The fourth-order valence-electron chi connectivity index (χ4n) is 1.76. The van der Waals surface area contributed by atoms with Gasteiger partial charge in [-0.05, 0) is 25.5 Å². The van der Waals surface area contributed by atoms with E-state index < -0.39 is 0 Å². The van der Waals surface area contributed by atoms with Crippen LogP contribution in [0.5, 0.6) is 0 Å². The molecule has 1 aliphatic heterocycles. The van der Waals surface area contributed by atoms with Gasteiger partial charge < -0.3 is 5.32 Å². The minimum absolute atomic E-state index is 0.412. The monoisotopic (exact) mass is 196 g/mol. The van der Waals surface area contributed by atoms with Gasteiger partial charge in [0.1, 0.15) is 0 Å². The Morgan fingerprint density at radius 1 is 1.46 bits per heavy atom. The van der Waals surface area contributed by atoms with Crippen molar-refractivity contribution in [1.29, 1.82) is 0 Å². The Morgan fingerprint density at radius 2 is 2.38 bits per heavy atom. The second-order valence-electron chi connectivity index (χ2n) is 3.40. The number of hydrogen-bond acceptors (Lipinski definition) is 2. The lowest BCUT2D eigenvalue weighted by molar-refractivity contribution is 0.411. The van der Waals surface area contributed by atoms with E-state index in [9.17, 15) is 0 Å². The van der Waals surface area contributed by atoms with Gasteiger partial charge >= 0.3 is 0 Å². The summed E-state index contributed by atoms with van der Waals surface area (Å²) in [4.78, 5) is 4.10. The molecule has 1 N–H and O–H groups in total. The van der Waals surface area contributed by atoms with Crippen LogP contribution < -0.4 is 5.32 Å². The van der Waals surface area contributed by atoms with E-state index in [0.29, 0.717) is 6.04 Å². The Balaban J connectivity index is 2.18. The van der Waals surface area contributed by atoms with E-state index in [1.807, 2.05) is 12.3 Å². The predicted molar refractivity (Wildman–Crippen MR) is 53.8 cm³/mol. The molecule has 1 fully saturated rings. The van der Waals surface area contributed by atoms with Gasteiger partial charge in [0.2, 0.25) is 0 Å². The summed E-state index contributed by atoms with van der Waals surface area (Å²) in [6.07, 6.45) is 7.32. The summed E-state index contributed by atoms with van der Waals surface area (Å²) in [5, 5.41) is 4.28. The first-order valence-corrected chi connectivity index (χ1v) is 5.08. The minimum atomic E-state index is 0.412. The summed E-state index contributed by atoms with van der Waals surface area (Å²) in [7, 11) is 0. The molecule has 0 spiro atoms. The smallest absolute Gasteiger partial charge is 0.0484 e. The number of pyridine rings is 1. The summed E-state index contributed by atoms with van der Waals surface area (Å²) < 4.78 is 0. The molecule has 0 aromatic carbocycles. The number of nitrogens with one attached hydrogen (secondary N) is 1. The van der Waals surface area contributed by atoms with E-state index in [4.69, 9.17) is 11.6 Å². The van der Waals surface area contributed by atoms with Crippen molar-refractivity contribution in [2.45, 2.75) is 25.3 Å². The summed E-state index contributed by atoms with van der Waals surface area (Å²) in [5.41, 5.74) is 1.14. The van der Waals surface area contributed by atoms with Crippen LogP contribution in [0.2, 0.25) is 5.02 Å². The first-order valence-electron chi connectivity index (χ1n) is 4.71. The van der Waals surface area contributed by atoms with Crippen molar-refractivity contribution in [2.24, 2.45) is 0 Å². The third kappa shape index (κ3) is 2.01. The molecule has 0 amide bonds. The molecule has 0 bridgehead atoms. The van der Waals surface area contributed by atoms with E-state index in [2.05, 4.69) is 10.3 Å². The Morgan fingerprint density at radius 3 is 3.08 bits per heavy atom. The molecule has 13 heavy (non-hydrogen) atoms. The second kappa shape index (κ2) is 4.07. The molecule has 2 nitrogen and oxygen atoms in total. The molecule has 0 radical (unpaired) electrons. The molecule has 1 saturated heterocycles. The molecular weight excluding hydrogens is 184 g/mol. The lowest BCUT2D eigenvalue weighted by Gasteiger charge is -2.24. The largest absolute Gasteiger partial charge is 0.310 e. The number of nitrogens with zero attached hydrogens (tertiary/aromatic N) is 1. The Kier molecular flexibility index (Phi) is 2.81. The molecule has 1 unspecified atom stereocenters. The van der Waals surface area contributed by atoms with Crippen molar-refractivity contribution >= 4 is 11.6 Å². The Hall–Kier alpha value is -0.600. The maximum atomic E-state index is 6.08. The molecule has 1 aromatic heterocycles. The van der Waals surface area contributed by atoms with Gasteiger partial charge in [-0.3, -0.25) is 4.98 Å². The maximum absolute atomic E-state index is 6.08. The average Bonchev–Trinajstić information content (AvgIpc) is 2.20. The standard InChI is InChI=1S/C10H13ClN2/c11-9-4-6-12-7-8(9)10-3-1-2-5-13-10/h4,6-7,10,13H,1-3,5H2. The molecule has 1 atom stereocenters. The van der Waals surface area contributed by atoms with E-state index in [-0.39, 0.29) is 0 Å². The normalized spacial score (nSPS) is 23.0. The van der Waals surface area contributed by atoms with Crippen molar-refractivity contribution in [1.82, 2.24) is 10.3 Å². The van der Waals surface area contributed by atoms with Crippen LogP contribution in [0.1, 0.15) is 30.9 Å². The van der Waals surface area contributed by atoms with Crippen molar-refractivity contribution in [3.05, 3.63) is 29.0 Å². The molecule has 0 aliphatic carbocycles. The van der Waals surface area contributed by atoms with Crippen LogP contribution in [0.25, 0.3) is 0 Å². The van der Waals surface area contributed by atoms with Crippen molar-refractivity contribution in [3.63, 3.8) is 0 Å². The first kappa shape index (κ1) is 8.97. The Labute approximate surface area is 83.3 Å². The van der Waals surface area contributed by atoms with Crippen LogP contribution in [0.3, 0.4) is 0 Å². The van der Waals surface area contributed by atoms with Gasteiger partial charge in [-0.25, -0.2) is 0 Å². The molecule has 1 aliphatic rings. The van der Waals surface area contributed by atoms with Gasteiger partial charge in [-0.2, -0.15) is 0 Å². The van der Waals surface area contributed by atoms with Crippen LogP contribution in [0.15, 0.2) is 18.5 Å². The molecular formula is C10H13ClN2. The maximum Gasteiger partial charge on any atom is 0.0484 e. The van der Waals surface area contributed by atoms with Crippen molar-refractivity contribution < 1.29 is 0 Å². The van der Waals surface area contributed by atoms with E-state index in [0.717, 1.165) is 17.1 Å². The van der Waals surface area contributed by atoms with E-state index in [1.54, 1.807) is 6.20 Å². The predicted octanol–water partition coefficient (Wildman–Crippen LogP) is 2.55. The highest BCUT2D eigenvalue weighted by Crippen LogP contribution is 2.27. The fourth-order valence-corrected chi connectivity index (χ4v) is 2.00. The van der Waals surface area contributed by atoms with Crippen molar-refractivity contribution in [3.8, 4) is 0 Å². The SMILES string of the molecule is Clc1ccncc1C1CCCCN1. The molecule has 2 heterocycles. The van der Waals surface area contributed by atoms with Gasteiger partial charge in [-0.1, -0.05) is 18.0 Å². The van der Waals surface area contributed by atoms with Crippen LogP contribution in [-0.2, 0) is 0 Å². The molecule has 2 rings (SSSR count). The van der Waals surface area contributed by atoms with Gasteiger partial charge in [0.05, 0.1) is 0 Å².